The number of anilines is 1. The summed E-state index contributed by atoms with van der Waals surface area (Å²) >= 11 is 1.26. The van der Waals surface area contributed by atoms with Gasteiger partial charge in [0.25, 0.3) is 0 Å². The highest BCUT2D eigenvalue weighted by molar-refractivity contribution is 8.00. The van der Waals surface area contributed by atoms with E-state index in [9.17, 15) is 14.0 Å². The summed E-state index contributed by atoms with van der Waals surface area (Å²) < 4.78 is 18.0. The first-order chi connectivity index (χ1) is 15.5. The van der Waals surface area contributed by atoms with Crippen molar-refractivity contribution in [2.75, 3.05) is 18.2 Å². The third kappa shape index (κ3) is 4.76. The van der Waals surface area contributed by atoms with Gasteiger partial charge in [0.15, 0.2) is 0 Å². The summed E-state index contributed by atoms with van der Waals surface area (Å²) in [5, 5.41) is 13.7. The fraction of sp³-hybridized carbons (Fsp3) is 0.0833. The molecule has 6 nitrogen and oxygen atoms in total. The predicted molar refractivity (Wildman–Crippen MR) is 122 cm³/mol. The highest BCUT2D eigenvalue weighted by Gasteiger charge is 2.13. The van der Waals surface area contributed by atoms with E-state index >= 15 is 0 Å². The molecule has 0 fully saturated rings. The van der Waals surface area contributed by atoms with Crippen molar-refractivity contribution in [2.45, 2.75) is 5.03 Å². The summed E-state index contributed by atoms with van der Waals surface area (Å²) in [6, 6.07) is 20.2. The molecule has 160 valence electrons. The number of hydrogen-bond acceptors (Lipinski definition) is 6. The Morgan fingerprint density at radius 3 is 2.47 bits per heavy atom. The van der Waals surface area contributed by atoms with Crippen molar-refractivity contribution in [3.63, 3.8) is 0 Å². The molecular formula is C24H18FN3O3S. The van der Waals surface area contributed by atoms with Crippen LogP contribution in [0.3, 0.4) is 0 Å². The van der Waals surface area contributed by atoms with Gasteiger partial charge >= 0.3 is 5.97 Å². The van der Waals surface area contributed by atoms with E-state index in [0.29, 0.717) is 22.0 Å². The second kappa shape index (κ2) is 9.57. The Bertz CT molecular complexity index is 1300. The molecule has 1 amide bonds. The maximum atomic E-state index is 13.3. The number of carbonyl (C=O) groups excluding carboxylic acids is 2. The lowest BCUT2D eigenvalue weighted by Crippen LogP contribution is -2.14. The molecule has 4 aromatic rings. The lowest BCUT2D eigenvalue weighted by Gasteiger charge is -2.10. The highest BCUT2D eigenvalue weighted by Crippen LogP contribution is 2.31. The number of carbonyl (C=O) groups is 2. The van der Waals surface area contributed by atoms with Crippen LogP contribution < -0.4 is 5.32 Å². The first-order valence-electron chi connectivity index (χ1n) is 9.67. The van der Waals surface area contributed by atoms with Crippen LogP contribution in [-0.4, -0.2) is 34.9 Å². The fourth-order valence-corrected chi connectivity index (χ4v) is 3.95. The first kappa shape index (κ1) is 21.5. The Balaban J connectivity index is 1.51. The zero-order chi connectivity index (χ0) is 22.5. The van der Waals surface area contributed by atoms with E-state index in [4.69, 9.17) is 4.74 Å². The SMILES string of the molecule is COC(=O)c1cccc(NC(=O)CSc2nnc(-c3ccc(F)cc3)c3ccccc23)c1. The molecule has 8 heteroatoms. The molecule has 0 saturated heterocycles. The maximum absolute atomic E-state index is 13.3. The van der Waals surface area contributed by atoms with Gasteiger partial charge in [0.2, 0.25) is 5.91 Å². The standard InChI is InChI=1S/C24H18FN3O3S/c1-31-24(30)16-5-4-6-18(13-16)26-21(29)14-32-23-20-8-3-2-7-19(20)22(27-28-23)15-9-11-17(25)12-10-15/h2-13H,14H2,1H3,(H,26,29). The van der Waals surface area contributed by atoms with Gasteiger partial charge in [-0.25, -0.2) is 9.18 Å². The quantitative estimate of drug-likeness (QED) is 0.333. The summed E-state index contributed by atoms with van der Waals surface area (Å²) in [5.41, 5.74) is 2.26. The Kier molecular flexibility index (Phi) is 6.42. The van der Waals surface area contributed by atoms with Crippen LogP contribution in [0.15, 0.2) is 77.8 Å². The average molecular weight is 447 g/mol. The van der Waals surface area contributed by atoms with Crippen LogP contribution in [0.4, 0.5) is 10.1 Å². The van der Waals surface area contributed by atoms with E-state index in [1.54, 1.807) is 36.4 Å². The largest absolute Gasteiger partial charge is 0.465 e. The summed E-state index contributed by atoms with van der Waals surface area (Å²) in [7, 11) is 1.30. The number of halogens is 1. The van der Waals surface area contributed by atoms with Gasteiger partial charge in [-0.15, -0.1) is 10.2 Å². The van der Waals surface area contributed by atoms with Gasteiger partial charge in [-0.05, 0) is 42.5 Å². The molecule has 4 rings (SSSR count). The number of nitrogens with zero attached hydrogens (tertiary/aromatic N) is 2. The van der Waals surface area contributed by atoms with E-state index in [0.717, 1.165) is 16.3 Å². The average Bonchev–Trinajstić information content (AvgIpc) is 2.83. The van der Waals surface area contributed by atoms with Crippen molar-refractivity contribution in [2.24, 2.45) is 0 Å². The van der Waals surface area contributed by atoms with Gasteiger partial charge in [0.05, 0.1) is 18.4 Å². The van der Waals surface area contributed by atoms with E-state index in [2.05, 4.69) is 15.5 Å². The number of amides is 1. The van der Waals surface area contributed by atoms with Crippen LogP contribution in [0, 0.1) is 5.82 Å². The Hall–Kier alpha value is -3.78. The summed E-state index contributed by atoms with van der Waals surface area (Å²) in [6.07, 6.45) is 0. The minimum atomic E-state index is -0.474. The lowest BCUT2D eigenvalue weighted by atomic mass is 10.1. The van der Waals surface area contributed by atoms with Gasteiger partial charge in [-0.2, -0.15) is 0 Å². The van der Waals surface area contributed by atoms with Crippen LogP contribution in [0.2, 0.25) is 0 Å². The van der Waals surface area contributed by atoms with Gasteiger partial charge in [0, 0.05) is 22.0 Å². The number of rotatable bonds is 6. The summed E-state index contributed by atoms with van der Waals surface area (Å²) in [4.78, 5) is 24.1. The molecule has 0 unspecified atom stereocenters. The van der Waals surface area contributed by atoms with Crippen LogP contribution in [0.25, 0.3) is 22.0 Å². The van der Waals surface area contributed by atoms with Crippen molar-refractivity contribution in [1.29, 1.82) is 0 Å². The topological polar surface area (TPSA) is 81.2 Å². The van der Waals surface area contributed by atoms with Gasteiger partial charge in [-0.3, -0.25) is 4.79 Å². The third-order valence-electron chi connectivity index (χ3n) is 4.68. The molecule has 1 aromatic heterocycles. The molecule has 0 aliphatic carbocycles. The Morgan fingerprint density at radius 2 is 1.72 bits per heavy atom. The van der Waals surface area contributed by atoms with Crippen molar-refractivity contribution < 1.29 is 18.7 Å². The van der Waals surface area contributed by atoms with Gasteiger partial charge in [0.1, 0.15) is 16.5 Å². The normalized spacial score (nSPS) is 10.7. The lowest BCUT2D eigenvalue weighted by molar-refractivity contribution is -0.113. The van der Waals surface area contributed by atoms with Crippen molar-refractivity contribution in [3.05, 3.63) is 84.2 Å². The van der Waals surface area contributed by atoms with Gasteiger partial charge in [-0.1, -0.05) is 42.1 Å². The number of benzene rings is 3. The van der Waals surface area contributed by atoms with Crippen molar-refractivity contribution >= 4 is 40.1 Å². The molecule has 0 bridgehead atoms. The zero-order valence-corrected chi connectivity index (χ0v) is 17.9. The number of esters is 1. The molecule has 0 saturated carbocycles. The number of thioether (sulfide) groups is 1. The van der Waals surface area contributed by atoms with E-state index in [1.807, 2.05) is 24.3 Å². The van der Waals surface area contributed by atoms with Crippen molar-refractivity contribution in [3.8, 4) is 11.3 Å². The van der Waals surface area contributed by atoms with Crippen LogP contribution in [0.1, 0.15) is 10.4 Å². The Morgan fingerprint density at radius 1 is 0.969 bits per heavy atom. The number of ether oxygens (including phenoxy) is 1. The molecule has 0 atom stereocenters. The smallest absolute Gasteiger partial charge is 0.337 e. The summed E-state index contributed by atoms with van der Waals surface area (Å²) in [6.45, 7) is 0. The second-order valence-electron chi connectivity index (χ2n) is 6.82. The minimum Gasteiger partial charge on any atom is -0.465 e. The fourth-order valence-electron chi connectivity index (χ4n) is 3.18. The van der Waals surface area contributed by atoms with Crippen LogP contribution >= 0.6 is 11.8 Å². The maximum Gasteiger partial charge on any atom is 0.337 e. The molecule has 32 heavy (non-hydrogen) atoms. The number of fused-ring (bicyclic) bond motifs is 1. The van der Waals surface area contributed by atoms with Crippen LogP contribution in [0.5, 0.6) is 0 Å². The summed E-state index contributed by atoms with van der Waals surface area (Å²) in [5.74, 6) is -0.929. The second-order valence-corrected chi connectivity index (χ2v) is 7.78. The molecule has 1 heterocycles. The number of methoxy groups -OCH3 is 1. The highest BCUT2D eigenvalue weighted by atomic mass is 32.2. The first-order valence-corrected chi connectivity index (χ1v) is 10.7. The zero-order valence-electron chi connectivity index (χ0n) is 17.0. The Labute approximate surface area is 187 Å². The third-order valence-corrected chi connectivity index (χ3v) is 5.66. The number of nitrogens with one attached hydrogen (secondary N) is 1. The monoisotopic (exact) mass is 447 g/mol. The van der Waals surface area contributed by atoms with Crippen LogP contribution in [-0.2, 0) is 9.53 Å². The van der Waals surface area contributed by atoms with E-state index in [-0.39, 0.29) is 17.5 Å². The van der Waals surface area contributed by atoms with Gasteiger partial charge < -0.3 is 10.1 Å². The van der Waals surface area contributed by atoms with Crippen molar-refractivity contribution in [1.82, 2.24) is 10.2 Å². The molecule has 1 N–H and O–H groups in total. The molecule has 0 aliphatic heterocycles. The number of hydrogen-bond donors (Lipinski definition) is 1. The molecule has 0 spiro atoms. The van der Waals surface area contributed by atoms with E-state index in [1.165, 1.54) is 31.0 Å². The minimum absolute atomic E-state index is 0.108. The van der Waals surface area contributed by atoms with E-state index < -0.39 is 5.97 Å². The molecular weight excluding hydrogens is 429 g/mol. The molecule has 0 radical (unpaired) electrons. The predicted octanol–water partition coefficient (Wildman–Crippen LogP) is 4.95. The number of aromatic nitrogens is 2. The molecule has 0 aliphatic rings. The molecule has 3 aromatic carbocycles.